The molecule has 0 amide bonds. The van der Waals surface area contributed by atoms with Crippen molar-refractivity contribution in [2.45, 2.75) is 6.42 Å². The summed E-state index contributed by atoms with van der Waals surface area (Å²) < 4.78 is 2.74. The predicted molar refractivity (Wildman–Crippen MR) is 67.2 cm³/mol. The fourth-order valence-corrected chi connectivity index (χ4v) is 2.31. The van der Waals surface area contributed by atoms with Crippen LogP contribution in [0.15, 0.2) is 15.7 Å². The third-order valence-corrected chi connectivity index (χ3v) is 3.10. The van der Waals surface area contributed by atoms with Gasteiger partial charge in [-0.2, -0.15) is 0 Å². The predicted octanol–water partition coefficient (Wildman–Crippen LogP) is -0.415. The lowest BCUT2D eigenvalue weighted by Crippen LogP contribution is -2.40. The van der Waals surface area contributed by atoms with E-state index >= 15 is 0 Å². The molecule has 0 aromatic carbocycles. The maximum Gasteiger partial charge on any atom is 0.330 e. The van der Waals surface area contributed by atoms with E-state index < -0.39 is 0 Å². The minimum atomic E-state index is -0.264. The molecule has 2 rings (SSSR count). The highest BCUT2D eigenvalue weighted by atomic mass is 16.2. The number of fused-ring (bicyclic) bond motifs is 1. The average Bonchev–Trinajstić information content (AvgIpc) is 2.66. The Hall–Kier alpha value is -1.62. The van der Waals surface area contributed by atoms with Gasteiger partial charge in [0.2, 0.25) is 0 Å². The van der Waals surface area contributed by atoms with E-state index in [-0.39, 0.29) is 11.2 Å². The number of aromatic nitrogens is 2. The summed E-state index contributed by atoms with van der Waals surface area (Å²) in [5.74, 6) is 0. The number of rotatable bonds is 2. The van der Waals surface area contributed by atoms with E-state index in [0.717, 1.165) is 23.4 Å². The first-order valence-electron chi connectivity index (χ1n) is 5.56. The summed E-state index contributed by atoms with van der Waals surface area (Å²) in [5, 5.41) is 0. The largest absolute Gasteiger partial charge is 0.330 e. The van der Waals surface area contributed by atoms with Gasteiger partial charge in [0.15, 0.2) is 0 Å². The van der Waals surface area contributed by atoms with Crippen LogP contribution >= 0.6 is 0 Å². The van der Waals surface area contributed by atoms with Crippen LogP contribution in [0.3, 0.4) is 0 Å². The quantitative estimate of drug-likeness (QED) is 0.700. The average molecular weight is 235 g/mol. The zero-order chi connectivity index (χ0) is 12.7. The summed E-state index contributed by atoms with van der Waals surface area (Å²) in [5.41, 5.74) is 2.15. The van der Waals surface area contributed by atoms with E-state index in [9.17, 15) is 9.59 Å². The zero-order valence-electron chi connectivity index (χ0n) is 10.6. The van der Waals surface area contributed by atoms with E-state index in [4.69, 9.17) is 0 Å². The number of allylic oxidation sites excluding steroid dienone is 1. The van der Waals surface area contributed by atoms with Crippen LogP contribution in [0.5, 0.6) is 0 Å². The lowest BCUT2D eigenvalue weighted by molar-refractivity contribution is 0.461. The smallest absolute Gasteiger partial charge is 0.305 e. The van der Waals surface area contributed by atoms with Crippen molar-refractivity contribution in [3.63, 3.8) is 0 Å². The number of nitrogens with zero attached hydrogens (tertiary/aromatic N) is 3. The van der Waals surface area contributed by atoms with Gasteiger partial charge in [0.05, 0.1) is 5.69 Å². The van der Waals surface area contributed by atoms with Crippen molar-refractivity contribution in [1.29, 1.82) is 0 Å². The lowest BCUT2D eigenvalue weighted by atomic mass is 10.2. The minimum absolute atomic E-state index is 0.173. The third-order valence-electron chi connectivity index (χ3n) is 3.10. The molecule has 1 aromatic rings. The Labute approximate surface area is 99.6 Å². The van der Waals surface area contributed by atoms with Crippen LogP contribution in [0.1, 0.15) is 11.3 Å². The van der Waals surface area contributed by atoms with Crippen molar-refractivity contribution in [3.05, 3.63) is 38.2 Å². The summed E-state index contributed by atoms with van der Waals surface area (Å²) in [6.45, 7) is 0.743. The molecule has 0 bridgehead atoms. The normalized spacial score (nSPS) is 14.1. The molecule has 0 radical (unpaired) electrons. The first kappa shape index (κ1) is 11.9. The Balaban J connectivity index is 2.66. The fourth-order valence-electron chi connectivity index (χ4n) is 2.31. The number of hydrogen-bond acceptors (Lipinski definition) is 3. The van der Waals surface area contributed by atoms with E-state index in [1.54, 1.807) is 11.6 Å². The molecule has 0 atom stereocenters. The van der Waals surface area contributed by atoms with Crippen molar-refractivity contribution >= 4 is 5.57 Å². The Bertz CT molecular complexity index is 605. The zero-order valence-corrected chi connectivity index (χ0v) is 10.6. The van der Waals surface area contributed by atoms with E-state index in [1.807, 2.05) is 25.1 Å². The molecule has 0 saturated heterocycles. The van der Waals surface area contributed by atoms with Gasteiger partial charge in [-0.1, -0.05) is 6.08 Å². The van der Waals surface area contributed by atoms with Gasteiger partial charge in [-0.15, -0.1) is 0 Å². The second-order valence-corrected chi connectivity index (χ2v) is 4.70. The number of likely N-dealkylation sites (N-methyl/N-ethyl adjacent to an activating group) is 1. The molecule has 1 heterocycles. The van der Waals surface area contributed by atoms with Crippen LogP contribution < -0.4 is 11.2 Å². The van der Waals surface area contributed by atoms with Crippen molar-refractivity contribution in [2.24, 2.45) is 14.1 Å². The summed E-state index contributed by atoms with van der Waals surface area (Å²) in [7, 11) is 7.18. The molecule has 0 fully saturated rings. The van der Waals surface area contributed by atoms with Gasteiger partial charge in [0.25, 0.3) is 5.56 Å². The van der Waals surface area contributed by atoms with Gasteiger partial charge >= 0.3 is 5.69 Å². The van der Waals surface area contributed by atoms with Crippen LogP contribution in [0.25, 0.3) is 5.57 Å². The highest BCUT2D eigenvalue weighted by Crippen LogP contribution is 2.23. The standard InChI is InChI=1S/C12H17N3O2/c1-13(2)7-8-5-6-9-10(8)14(3)12(17)15(4)11(9)16/h5H,6-7H2,1-4H3. The van der Waals surface area contributed by atoms with Crippen LogP contribution in [0.4, 0.5) is 0 Å². The van der Waals surface area contributed by atoms with Crippen molar-refractivity contribution in [2.75, 3.05) is 20.6 Å². The molecular formula is C12H17N3O2. The monoisotopic (exact) mass is 235 g/mol. The van der Waals surface area contributed by atoms with Gasteiger partial charge in [-0.25, -0.2) is 4.79 Å². The highest BCUT2D eigenvalue weighted by molar-refractivity contribution is 5.71. The molecule has 1 aliphatic carbocycles. The Morgan fingerprint density at radius 3 is 2.47 bits per heavy atom. The molecule has 0 N–H and O–H groups in total. The molecule has 1 aromatic heterocycles. The molecule has 0 unspecified atom stereocenters. The molecule has 1 aliphatic rings. The van der Waals surface area contributed by atoms with E-state index in [0.29, 0.717) is 6.42 Å². The Morgan fingerprint density at radius 1 is 1.24 bits per heavy atom. The topological polar surface area (TPSA) is 47.2 Å². The van der Waals surface area contributed by atoms with Crippen LogP contribution in [0, 0.1) is 0 Å². The SMILES string of the molecule is CN(C)CC1=CCc2c1n(C)c(=O)n(C)c2=O. The molecule has 92 valence electrons. The molecule has 0 aliphatic heterocycles. The van der Waals surface area contributed by atoms with Gasteiger partial charge < -0.3 is 4.90 Å². The molecule has 5 nitrogen and oxygen atoms in total. The molecule has 17 heavy (non-hydrogen) atoms. The van der Waals surface area contributed by atoms with E-state index in [1.165, 1.54) is 11.6 Å². The van der Waals surface area contributed by atoms with Crippen molar-refractivity contribution < 1.29 is 0 Å². The fraction of sp³-hybridized carbons (Fsp3) is 0.500. The molecule has 5 heteroatoms. The first-order valence-corrected chi connectivity index (χ1v) is 5.56. The van der Waals surface area contributed by atoms with Crippen LogP contribution in [0.2, 0.25) is 0 Å². The minimum Gasteiger partial charge on any atom is -0.305 e. The van der Waals surface area contributed by atoms with Crippen molar-refractivity contribution in [1.82, 2.24) is 14.0 Å². The van der Waals surface area contributed by atoms with Gasteiger partial charge in [-0.05, 0) is 26.1 Å². The highest BCUT2D eigenvalue weighted by Gasteiger charge is 2.22. The molecule has 0 saturated carbocycles. The van der Waals surface area contributed by atoms with Crippen molar-refractivity contribution in [3.8, 4) is 0 Å². The van der Waals surface area contributed by atoms with Gasteiger partial charge in [0.1, 0.15) is 0 Å². The summed E-state index contributed by atoms with van der Waals surface area (Å²) in [4.78, 5) is 25.9. The second-order valence-electron chi connectivity index (χ2n) is 4.70. The maximum atomic E-state index is 12.0. The van der Waals surface area contributed by atoms with Gasteiger partial charge in [-0.3, -0.25) is 13.9 Å². The summed E-state index contributed by atoms with van der Waals surface area (Å²) >= 11 is 0. The van der Waals surface area contributed by atoms with E-state index in [2.05, 4.69) is 0 Å². The lowest BCUT2D eigenvalue weighted by Gasteiger charge is -2.15. The Kier molecular flexibility index (Phi) is 2.79. The Morgan fingerprint density at radius 2 is 1.88 bits per heavy atom. The summed E-state index contributed by atoms with van der Waals surface area (Å²) in [6, 6.07) is 0. The second kappa shape index (κ2) is 4.00. The van der Waals surface area contributed by atoms with Crippen LogP contribution in [-0.2, 0) is 20.5 Å². The first-order chi connectivity index (χ1) is 7.93. The number of hydrogen-bond donors (Lipinski definition) is 0. The summed E-state index contributed by atoms with van der Waals surface area (Å²) in [6.07, 6.45) is 2.66. The maximum absolute atomic E-state index is 12.0. The third kappa shape index (κ3) is 1.76. The molecule has 0 spiro atoms. The van der Waals surface area contributed by atoms with Gasteiger partial charge in [0, 0.05) is 26.2 Å². The van der Waals surface area contributed by atoms with Crippen LogP contribution in [-0.4, -0.2) is 34.7 Å². The molecular weight excluding hydrogens is 218 g/mol.